The van der Waals surface area contributed by atoms with Crippen LogP contribution in [0.1, 0.15) is 13.8 Å². The number of aliphatic hydroxyl groups excluding tert-OH is 3. The lowest BCUT2D eigenvalue weighted by atomic mass is 10.3. The largest absolute Gasteiger partial charge is 0.458 e. The molecule has 0 bridgehead atoms. The summed E-state index contributed by atoms with van der Waals surface area (Å²) in [7, 11) is 0. The Labute approximate surface area is 153 Å². The van der Waals surface area contributed by atoms with Gasteiger partial charge in [-0.3, -0.25) is 0 Å². The fourth-order valence-corrected chi connectivity index (χ4v) is 1.12. The van der Waals surface area contributed by atoms with Gasteiger partial charge in [0, 0.05) is 11.1 Å². The van der Waals surface area contributed by atoms with Crippen LogP contribution in [-0.2, 0) is 28.5 Å². The van der Waals surface area contributed by atoms with Crippen molar-refractivity contribution in [3.8, 4) is 0 Å². The van der Waals surface area contributed by atoms with Gasteiger partial charge in [-0.05, 0) is 13.8 Å². The summed E-state index contributed by atoms with van der Waals surface area (Å²) in [5.74, 6) is -1.23. The third-order valence-electron chi connectivity index (χ3n) is 2.42. The molecule has 0 aliphatic rings. The number of aliphatic hydroxyl groups is 3. The second-order valence-electron chi connectivity index (χ2n) is 5.04. The molecule has 0 radical (unpaired) electrons. The molecular formula is C17H30O9. The van der Waals surface area contributed by atoms with Crippen LogP contribution in [0.15, 0.2) is 24.3 Å². The molecular weight excluding hydrogens is 348 g/mol. The van der Waals surface area contributed by atoms with Crippen molar-refractivity contribution in [2.45, 2.75) is 20.0 Å². The van der Waals surface area contributed by atoms with E-state index in [0.29, 0.717) is 26.4 Å². The predicted molar refractivity (Wildman–Crippen MR) is 93.4 cm³/mol. The van der Waals surface area contributed by atoms with Gasteiger partial charge >= 0.3 is 11.9 Å². The highest BCUT2D eigenvalue weighted by molar-refractivity contribution is 5.87. The van der Waals surface area contributed by atoms with E-state index in [1.807, 2.05) is 0 Å². The number of esters is 2. The molecule has 152 valence electrons. The lowest BCUT2D eigenvalue weighted by Gasteiger charge is -2.15. The van der Waals surface area contributed by atoms with Gasteiger partial charge in [-0.15, -0.1) is 0 Å². The summed E-state index contributed by atoms with van der Waals surface area (Å²) < 4.78 is 19.3. The van der Waals surface area contributed by atoms with Crippen molar-refractivity contribution in [3.05, 3.63) is 24.3 Å². The van der Waals surface area contributed by atoms with Crippen LogP contribution in [0.4, 0.5) is 0 Å². The first-order valence-corrected chi connectivity index (χ1v) is 7.97. The van der Waals surface area contributed by atoms with Gasteiger partial charge in [-0.2, -0.15) is 0 Å². The molecule has 0 heterocycles. The number of hydrogen-bond acceptors (Lipinski definition) is 9. The molecule has 1 atom stereocenters. The fourth-order valence-electron chi connectivity index (χ4n) is 1.12. The predicted octanol–water partition coefficient (Wildman–Crippen LogP) is -0.410. The number of carbonyl (C=O) groups is 2. The molecule has 0 rings (SSSR count). The first-order chi connectivity index (χ1) is 12.3. The Morgan fingerprint density at radius 1 is 0.846 bits per heavy atom. The number of carbonyl (C=O) groups excluding carboxylic acids is 2. The van der Waals surface area contributed by atoms with E-state index in [2.05, 4.69) is 13.2 Å². The average molecular weight is 378 g/mol. The maximum Gasteiger partial charge on any atom is 0.333 e. The summed E-state index contributed by atoms with van der Waals surface area (Å²) in [4.78, 5) is 22.1. The summed E-state index contributed by atoms with van der Waals surface area (Å²) in [6.07, 6.45) is -0.882. The first-order valence-electron chi connectivity index (χ1n) is 7.97. The normalized spacial score (nSPS) is 11.0. The smallest absolute Gasteiger partial charge is 0.333 e. The molecule has 0 aromatic rings. The van der Waals surface area contributed by atoms with Crippen LogP contribution in [0.3, 0.4) is 0 Å². The zero-order valence-electron chi connectivity index (χ0n) is 15.4. The van der Waals surface area contributed by atoms with Gasteiger partial charge in [0.05, 0.1) is 46.2 Å². The average Bonchev–Trinajstić information content (AvgIpc) is 2.61. The molecule has 0 amide bonds. The van der Waals surface area contributed by atoms with Gasteiger partial charge < -0.3 is 34.3 Å². The molecule has 0 spiro atoms. The highest BCUT2D eigenvalue weighted by atomic mass is 16.6. The highest BCUT2D eigenvalue weighted by Crippen LogP contribution is 2.01. The van der Waals surface area contributed by atoms with E-state index in [0.717, 1.165) is 0 Å². The van der Waals surface area contributed by atoms with E-state index in [1.165, 1.54) is 13.8 Å². The van der Waals surface area contributed by atoms with E-state index in [1.54, 1.807) is 0 Å². The molecule has 3 N–H and O–H groups in total. The van der Waals surface area contributed by atoms with E-state index in [-0.39, 0.29) is 31.0 Å². The van der Waals surface area contributed by atoms with Crippen LogP contribution in [-0.4, -0.2) is 86.2 Å². The van der Waals surface area contributed by atoms with Crippen molar-refractivity contribution in [1.29, 1.82) is 0 Å². The quantitative estimate of drug-likeness (QED) is 0.222. The Bertz CT molecular complexity index is 412. The topological polar surface area (TPSA) is 132 Å². The van der Waals surface area contributed by atoms with Gasteiger partial charge in [0.15, 0.2) is 6.10 Å². The Morgan fingerprint density at radius 2 is 1.31 bits per heavy atom. The molecule has 26 heavy (non-hydrogen) atoms. The summed E-state index contributed by atoms with van der Waals surface area (Å²) in [5, 5.41) is 25.4. The van der Waals surface area contributed by atoms with Crippen molar-refractivity contribution in [1.82, 2.24) is 0 Å². The van der Waals surface area contributed by atoms with Gasteiger partial charge in [0.25, 0.3) is 0 Å². The van der Waals surface area contributed by atoms with Crippen molar-refractivity contribution < 1.29 is 43.9 Å². The summed E-state index contributed by atoms with van der Waals surface area (Å²) >= 11 is 0. The van der Waals surface area contributed by atoms with Gasteiger partial charge in [0.1, 0.15) is 6.61 Å². The minimum atomic E-state index is -0.882. The molecule has 0 saturated carbocycles. The van der Waals surface area contributed by atoms with Crippen molar-refractivity contribution in [2.75, 3.05) is 52.9 Å². The second-order valence-corrected chi connectivity index (χ2v) is 5.04. The molecule has 0 aromatic carbocycles. The minimum absolute atomic E-state index is 0.0417. The monoisotopic (exact) mass is 378 g/mol. The Morgan fingerprint density at radius 3 is 1.65 bits per heavy atom. The maximum atomic E-state index is 11.1. The Kier molecular flexibility index (Phi) is 18.3. The zero-order valence-corrected chi connectivity index (χ0v) is 15.4. The van der Waals surface area contributed by atoms with Crippen LogP contribution in [0.25, 0.3) is 0 Å². The van der Waals surface area contributed by atoms with E-state index < -0.39 is 24.6 Å². The Hall–Kier alpha value is -1.78. The molecule has 0 aliphatic carbocycles. The standard InChI is InChI=1S/C11H16O5.C6H14O4/c1-7(2)10(13)15-6-9(5-12)16-11(14)8(3)4;7-1-3-9-5-6-10-4-2-8/h9,12H,1,3,5-6H2,2,4H3;7-8H,1-6H2. The van der Waals surface area contributed by atoms with E-state index in [4.69, 9.17) is 34.3 Å². The van der Waals surface area contributed by atoms with Crippen LogP contribution in [0, 0.1) is 0 Å². The highest BCUT2D eigenvalue weighted by Gasteiger charge is 2.16. The van der Waals surface area contributed by atoms with Crippen LogP contribution < -0.4 is 0 Å². The third kappa shape index (κ3) is 17.1. The van der Waals surface area contributed by atoms with Crippen LogP contribution in [0.2, 0.25) is 0 Å². The molecule has 1 unspecified atom stereocenters. The van der Waals surface area contributed by atoms with Crippen LogP contribution >= 0.6 is 0 Å². The molecule has 0 aliphatic heterocycles. The maximum absolute atomic E-state index is 11.1. The summed E-state index contributed by atoms with van der Waals surface area (Å²) in [6, 6.07) is 0. The number of ether oxygens (including phenoxy) is 4. The fraction of sp³-hybridized carbons (Fsp3) is 0.647. The van der Waals surface area contributed by atoms with Crippen molar-refractivity contribution in [2.24, 2.45) is 0 Å². The molecule has 9 heteroatoms. The zero-order chi connectivity index (χ0) is 20.4. The number of hydrogen-bond donors (Lipinski definition) is 3. The molecule has 0 saturated heterocycles. The molecule has 0 fully saturated rings. The lowest BCUT2D eigenvalue weighted by Crippen LogP contribution is -2.28. The van der Waals surface area contributed by atoms with Gasteiger partial charge in [0.2, 0.25) is 0 Å². The third-order valence-corrected chi connectivity index (χ3v) is 2.42. The first kappa shape index (κ1) is 26.4. The van der Waals surface area contributed by atoms with E-state index in [9.17, 15) is 9.59 Å². The van der Waals surface area contributed by atoms with Gasteiger partial charge in [-0.1, -0.05) is 13.2 Å². The molecule has 9 nitrogen and oxygen atoms in total. The number of rotatable bonds is 13. The second kappa shape index (κ2) is 18.0. The summed E-state index contributed by atoms with van der Waals surface area (Å²) in [6.45, 7) is 10.8. The van der Waals surface area contributed by atoms with Crippen molar-refractivity contribution >= 4 is 11.9 Å². The minimum Gasteiger partial charge on any atom is -0.458 e. The van der Waals surface area contributed by atoms with Crippen LogP contribution in [0.5, 0.6) is 0 Å². The lowest BCUT2D eigenvalue weighted by molar-refractivity contribution is -0.156. The Balaban J connectivity index is 0. The van der Waals surface area contributed by atoms with Crippen molar-refractivity contribution in [3.63, 3.8) is 0 Å². The SMILES string of the molecule is C=C(C)C(=O)OCC(CO)OC(=O)C(=C)C.OCCOCCOCCO. The van der Waals surface area contributed by atoms with Gasteiger partial charge in [-0.25, -0.2) is 9.59 Å². The van der Waals surface area contributed by atoms with E-state index >= 15 is 0 Å². The summed E-state index contributed by atoms with van der Waals surface area (Å²) in [5.41, 5.74) is 0.451. The molecule has 0 aromatic heterocycles.